The third kappa shape index (κ3) is 3.61. The zero-order valence-electron chi connectivity index (χ0n) is 14.7. The summed E-state index contributed by atoms with van der Waals surface area (Å²) >= 11 is 0. The molecule has 1 aliphatic carbocycles. The highest BCUT2D eigenvalue weighted by atomic mass is 16.3. The second-order valence-corrected chi connectivity index (χ2v) is 7.40. The first-order valence-electron chi connectivity index (χ1n) is 8.60. The van der Waals surface area contributed by atoms with Crippen molar-refractivity contribution in [3.05, 3.63) is 65.5 Å². The van der Waals surface area contributed by atoms with Crippen molar-refractivity contribution >= 4 is 6.08 Å². The molecule has 1 heterocycles. The number of hydrogen-bond donors (Lipinski definition) is 1. The standard InChI is InChI=1S/C21H26N2O/c1-16-6-5-12-21(2,3)20(16)10-9-18-11-13-22-23(18)15-17-7-4-8-19(24)14-17/h4,6-11,13-14,20,24H,5,12,15H2,1-3H3/b10-9+. The molecule has 1 aliphatic rings. The number of allylic oxidation sites excluding steroid dienone is 3. The first-order valence-corrected chi connectivity index (χ1v) is 8.60. The highest BCUT2D eigenvalue weighted by Crippen LogP contribution is 2.41. The van der Waals surface area contributed by atoms with Crippen molar-refractivity contribution in [2.75, 3.05) is 0 Å². The second kappa shape index (κ2) is 6.68. The summed E-state index contributed by atoms with van der Waals surface area (Å²) in [6.07, 6.45) is 11.1. The fourth-order valence-corrected chi connectivity index (χ4v) is 3.62. The maximum absolute atomic E-state index is 9.62. The zero-order chi connectivity index (χ0) is 17.2. The Morgan fingerprint density at radius 2 is 2.17 bits per heavy atom. The quantitative estimate of drug-likeness (QED) is 0.801. The predicted molar refractivity (Wildman–Crippen MR) is 98.7 cm³/mol. The van der Waals surface area contributed by atoms with Crippen LogP contribution in [0.15, 0.2) is 54.3 Å². The number of phenols is 1. The van der Waals surface area contributed by atoms with Gasteiger partial charge >= 0.3 is 0 Å². The Hall–Kier alpha value is -2.29. The van der Waals surface area contributed by atoms with Gasteiger partial charge < -0.3 is 5.11 Å². The zero-order valence-corrected chi connectivity index (χ0v) is 14.7. The number of rotatable bonds is 4. The van der Waals surface area contributed by atoms with Crippen molar-refractivity contribution < 1.29 is 5.11 Å². The van der Waals surface area contributed by atoms with E-state index in [1.165, 1.54) is 18.4 Å². The molecule has 1 N–H and O–H groups in total. The summed E-state index contributed by atoms with van der Waals surface area (Å²) < 4.78 is 1.97. The van der Waals surface area contributed by atoms with E-state index in [1.54, 1.807) is 12.1 Å². The molecule has 3 heteroatoms. The average Bonchev–Trinajstić information content (AvgIpc) is 2.93. The maximum Gasteiger partial charge on any atom is 0.115 e. The summed E-state index contributed by atoms with van der Waals surface area (Å²) in [5, 5.41) is 14.1. The topological polar surface area (TPSA) is 38.0 Å². The number of nitrogens with zero attached hydrogens (tertiary/aromatic N) is 2. The molecule has 1 aromatic carbocycles. The van der Waals surface area contributed by atoms with Crippen LogP contribution in [0.5, 0.6) is 5.75 Å². The second-order valence-electron chi connectivity index (χ2n) is 7.40. The molecule has 0 aliphatic heterocycles. The minimum atomic E-state index is 0.293. The van der Waals surface area contributed by atoms with Gasteiger partial charge in [-0.05, 0) is 55.0 Å². The van der Waals surface area contributed by atoms with Gasteiger partial charge in [0.15, 0.2) is 0 Å². The fourth-order valence-electron chi connectivity index (χ4n) is 3.62. The van der Waals surface area contributed by atoms with Crippen LogP contribution in [0.1, 0.15) is 44.9 Å². The highest BCUT2D eigenvalue weighted by Gasteiger charge is 2.30. The number of benzene rings is 1. The van der Waals surface area contributed by atoms with Crippen LogP contribution >= 0.6 is 0 Å². The van der Waals surface area contributed by atoms with E-state index in [-0.39, 0.29) is 0 Å². The van der Waals surface area contributed by atoms with Gasteiger partial charge in [0.25, 0.3) is 0 Å². The molecular formula is C21H26N2O. The molecule has 0 fully saturated rings. The Morgan fingerprint density at radius 1 is 1.33 bits per heavy atom. The van der Waals surface area contributed by atoms with E-state index in [0.29, 0.717) is 23.6 Å². The molecule has 126 valence electrons. The van der Waals surface area contributed by atoms with Gasteiger partial charge in [-0.2, -0.15) is 5.10 Å². The van der Waals surface area contributed by atoms with Crippen LogP contribution in [0.2, 0.25) is 0 Å². The summed E-state index contributed by atoms with van der Waals surface area (Å²) in [4.78, 5) is 0. The van der Waals surface area contributed by atoms with E-state index in [4.69, 9.17) is 0 Å². The number of hydrogen-bond acceptors (Lipinski definition) is 2. The maximum atomic E-state index is 9.62. The molecule has 0 bridgehead atoms. The van der Waals surface area contributed by atoms with Crippen molar-refractivity contribution in [3.8, 4) is 5.75 Å². The Balaban J connectivity index is 1.80. The summed E-state index contributed by atoms with van der Waals surface area (Å²) in [6, 6.07) is 9.38. The largest absolute Gasteiger partial charge is 0.508 e. The van der Waals surface area contributed by atoms with E-state index in [1.807, 2.05) is 29.1 Å². The Bertz CT molecular complexity index is 768. The summed E-state index contributed by atoms with van der Waals surface area (Å²) in [7, 11) is 0. The minimum absolute atomic E-state index is 0.293. The van der Waals surface area contributed by atoms with E-state index < -0.39 is 0 Å². The SMILES string of the molecule is CC1=CCCC(C)(C)C1/C=C/c1ccnn1Cc1cccc(O)c1. The van der Waals surface area contributed by atoms with Crippen LogP contribution in [0.25, 0.3) is 6.08 Å². The molecule has 3 nitrogen and oxygen atoms in total. The molecule has 2 aromatic rings. The lowest BCUT2D eigenvalue weighted by Gasteiger charge is -2.36. The third-order valence-corrected chi connectivity index (χ3v) is 5.04. The van der Waals surface area contributed by atoms with Gasteiger partial charge in [0, 0.05) is 12.1 Å². The molecule has 0 radical (unpaired) electrons. The average molecular weight is 322 g/mol. The van der Waals surface area contributed by atoms with Gasteiger partial charge in [0.05, 0.1) is 12.2 Å². The van der Waals surface area contributed by atoms with Gasteiger partial charge in [-0.1, -0.05) is 43.7 Å². The van der Waals surface area contributed by atoms with Crippen molar-refractivity contribution in [1.29, 1.82) is 0 Å². The summed E-state index contributed by atoms with van der Waals surface area (Å²) in [5.74, 6) is 0.761. The van der Waals surface area contributed by atoms with E-state index in [0.717, 1.165) is 11.3 Å². The van der Waals surface area contributed by atoms with Crippen LogP contribution in [0.3, 0.4) is 0 Å². The highest BCUT2D eigenvalue weighted by molar-refractivity contribution is 5.47. The van der Waals surface area contributed by atoms with Crippen molar-refractivity contribution in [1.82, 2.24) is 9.78 Å². The van der Waals surface area contributed by atoms with E-state index in [9.17, 15) is 5.11 Å². The van der Waals surface area contributed by atoms with Crippen LogP contribution in [-0.4, -0.2) is 14.9 Å². The first kappa shape index (κ1) is 16.6. The lowest BCUT2D eigenvalue weighted by molar-refractivity contribution is 0.256. The van der Waals surface area contributed by atoms with E-state index >= 15 is 0 Å². The molecule has 1 unspecified atom stereocenters. The van der Waals surface area contributed by atoms with E-state index in [2.05, 4.69) is 44.1 Å². The molecule has 1 aromatic heterocycles. The molecule has 0 spiro atoms. The molecule has 0 saturated heterocycles. The number of phenolic OH excluding ortho intramolecular Hbond substituents is 1. The summed E-state index contributed by atoms with van der Waals surface area (Å²) in [6.45, 7) is 7.59. The lowest BCUT2D eigenvalue weighted by Crippen LogP contribution is -2.26. The Kier molecular flexibility index (Phi) is 4.61. The Morgan fingerprint density at radius 3 is 2.92 bits per heavy atom. The monoisotopic (exact) mass is 322 g/mol. The molecule has 3 rings (SSSR count). The van der Waals surface area contributed by atoms with Gasteiger partial charge in [-0.25, -0.2) is 0 Å². The first-order chi connectivity index (χ1) is 11.5. The van der Waals surface area contributed by atoms with Crippen LogP contribution in [-0.2, 0) is 6.54 Å². The van der Waals surface area contributed by atoms with Crippen molar-refractivity contribution in [2.45, 2.75) is 40.2 Å². The lowest BCUT2D eigenvalue weighted by atomic mass is 9.68. The fraction of sp³-hybridized carbons (Fsp3) is 0.381. The molecule has 0 amide bonds. The smallest absolute Gasteiger partial charge is 0.115 e. The van der Waals surface area contributed by atoms with Gasteiger partial charge in [0.2, 0.25) is 0 Å². The minimum Gasteiger partial charge on any atom is -0.508 e. The third-order valence-electron chi connectivity index (χ3n) is 5.04. The molecule has 24 heavy (non-hydrogen) atoms. The number of aromatic hydroxyl groups is 1. The van der Waals surface area contributed by atoms with Crippen LogP contribution in [0.4, 0.5) is 0 Å². The van der Waals surface area contributed by atoms with Crippen LogP contribution < -0.4 is 0 Å². The normalized spacial score (nSPS) is 20.3. The van der Waals surface area contributed by atoms with Crippen molar-refractivity contribution in [3.63, 3.8) is 0 Å². The van der Waals surface area contributed by atoms with Gasteiger partial charge in [0.1, 0.15) is 5.75 Å². The molecule has 1 atom stereocenters. The predicted octanol–water partition coefficient (Wildman–Crippen LogP) is 5.03. The van der Waals surface area contributed by atoms with Crippen molar-refractivity contribution in [2.24, 2.45) is 11.3 Å². The Labute approximate surface area is 144 Å². The van der Waals surface area contributed by atoms with Gasteiger partial charge in [-0.15, -0.1) is 0 Å². The van der Waals surface area contributed by atoms with Crippen LogP contribution in [0, 0.1) is 11.3 Å². The molecule has 0 saturated carbocycles. The summed E-state index contributed by atoms with van der Waals surface area (Å²) in [5.41, 5.74) is 3.89. The molecular weight excluding hydrogens is 296 g/mol. The van der Waals surface area contributed by atoms with Gasteiger partial charge in [-0.3, -0.25) is 4.68 Å². The number of aromatic nitrogens is 2.